The van der Waals surface area contributed by atoms with Gasteiger partial charge in [-0.25, -0.2) is 0 Å². The SMILES string of the molecule is C[C@H](c1ccc2c(c1)oc1cc(-c3cccc4sc5ccccc5c34)ccc12)C1c2ccccc2-c2cc(-c3ccccc3)ccc21. The van der Waals surface area contributed by atoms with Gasteiger partial charge < -0.3 is 4.42 Å². The Morgan fingerprint density at radius 1 is 0.489 bits per heavy atom. The van der Waals surface area contributed by atoms with Gasteiger partial charge in [-0.3, -0.25) is 0 Å². The standard InChI is InChI=1S/C45H30OS/c1-27(44-36-13-6-5-12-33(36)39-24-30(19-23-37(39)44)28-10-3-2-4-11-28)29-18-21-34-35-22-20-31(26-41(35)46-40(34)25-29)32-15-9-17-43-45(32)38-14-7-8-16-42(38)47-43/h2-27,44H,1H3/t27-,44?/m1/s1. The molecule has 0 bridgehead atoms. The van der Waals surface area contributed by atoms with Crippen molar-refractivity contribution in [2.75, 3.05) is 0 Å². The fraction of sp³-hybridized carbons (Fsp3) is 0.0667. The molecule has 0 spiro atoms. The lowest BCUT2D eigenvalue weighted by Gasteiger charge is -2.22. The van der Waals surface area contributed by atoms with E-state index in [1.54, 1.807) is 0 Å². The molecule has 0 fully saturated rings. The zero-order chi connectivity index (χ0) is 31.1. The van der Waals surface area contributed by atoms with Crippen LogP contribution in [-0.2, 0) is 0 Å². The van der Waals surface area contributed by atoms with Crippen molar-refractivity contribution in [3.8, 4) is 33.4 Å². The first-order valence-corrected chi connectivity index (χ1v) is 17.2. The summed E-state index contributed by atoms with van der Waals surface area (Å²) in [5, 5.41) is 4.97. The third kappa shape index (κ3) is 4.08. The predicted octanol–water partition coefficient (Wildman–Crippen LogP) is 13.2. The maximum Gasteiger partial charge on any atom is 0.136 e. The fourth-order valence-corrected chi connectivity index (χ4v) is 9.17. The molecule has 1 unspecified atom stereocenters. The molecule has 1 aliphatic carbocycles. The molecule has 1 aliphatic rings. The van der Waals surface area contributed by atoms with Crippen molar-refractivity contribution in [1.29, 1.82) is 0 Å². The predicted molar refractivity (Wildman–Crippen MR) is 200 cm³/mol. The Labute approximate surface area is 277 Å². The molecule has 2 heteroatoms. The maximum atomic E-state index is 6.66. The molecule has 0 saturated heterocycles. The summed E-state index contributed by atoms with van der Waals surface area (Å²) in [7, 11) is 0. The highest BCUT2D eigenvalue weighted by Crippen LogP contribution is 2.52. The molecule has 10 rings (SSSR count). The molecule has 2 atom stereocenters. The molecule has 1 nitrogen and oxygen atoms in total. The average Bonchev–Trinajstić information content (AvgIpc) is 3.80. The van der Waals surface area contributed by atoms with Crippen LogP contribution in [0.5, 0.6) is 0 Å². The van der Waals surface area contributed by atoms with Crippen LogP contribution in [0.1, 0.15) is 35.4 Å². The number of hydrogen-bond acceptors (Lipinski definition) is 2. The second kappa shape index (κ2) is 10.3. The third-order valence-corrected chi connectivity index (χ3v) is 11.5. The molecule has 2 heterocycles. The van der Waals surface area contributed by atoms with Gasteiger partial charge in [0.2, 0.25) is 0 Å². The van der Waals surface area contributed by atoms with Gasteiger partial charge in [-0.1, -0.05) is 122 Å². The number of benzene rings is 7. The summed E-state index contributed by atoms with van der Waals surface area (Å²) >= 11 is 1.86. The smallest absolute Gasteiger partial charge is 0.136 e. The van der Waals surface area contributed by atoms with Crippen molar-refractivity contribution in [3.63, 3.8) is 0 Å². The van der Waals surface area contributed by atoms with Crippen molar-refractivity contribution < 1.29 is 4.42 Å². The van der Waals surface area contributed by atoms with Crippen LogP contribution in [-0.4, -0.2) is 0 Å². The minimum Gasteiger partial charge on any atom is -0.456 e. The molecule has 0 amide bonds. The van der Waals surface area contributed by atoms with Crippen LogP contribution in [0.4, 0.5) is 0 Å². The lowest BCUT2D eigenvalue weighted by molar-refractivity contribution is 0.654. The zero-order valence-corrected chi connectivity index (χ0v) is 26.7. The van der Waals surface area contributed by atoms with E-state index in [4.69, 9.17) is 4.42 Å². The van der Waals surface area contributed by atoms with Crippen LogP contribution in [0.3, 0.4) is 0 Å². The monoisotopic (exact) mass is 618 g/mol. The number of furan rings is 1. The maximum absolute atomic E-state index is 6.66. The van der Waals surface area contributed by atoms with E-state index in [0.717, 1.165) is 16.6 Å². The van der Waals surface area contributed by atoms with E-state index < -0.39 is 0 Å². The Morgan fingerprint density at radius 2 is 1.19 bits per heavy atom. The van der Waals surface area contributed by atoms with Gasteiger partial charge in [0, 0.05) is 36.9 Å². The van der Waals surface area contributed by atoms with Gasteiger partial charge in [0.25, 0.3) is 0 Å². The molecule has 9 aromatic rings. The Morgan fingerprint density at radius 3 is 2.11 bits per heavy atom. The second-order valence-electron chi connectivity index (χ2n) is 12.9. The van der Waals surface area contributed by atoms with E-state index in [9.17, 15) is 0 Å². The number of hydrogen-bond donors (Lipinski definition) is 0. The first kappa shape index (κ1) is 26.7. The molecule has 0 radical (unpaired) electrons. The van der Waals surface area contributed by atoms with Crippen LogP contribution >= 0.6 is 11.3 Å². The molecule has 0 aliphatic heterocycles. The molecular weight excluding hydrogens is 589 g/mol. The van der Waals surface area contributed by atoms with Gasteiger partial charge in [-0.2, -0.15) is 0 Å². The first-order valence-electron chi connectivity index (χ1n) is 16.4. The highest BCUT2D eigenvalue weighted by molar-refractivity contribution is 7.25. The average molecular weight is 619 g/mol. The Hall–Kier alpha value is -5.44. The fourth-order valence-electron chi connectivity index (χ4n) is 8.04. The topological polar surface area (TPSA) is 13.1 Å². The minimum atomic E-state index is 0.276. The van der Waals surface area contributed by atoms with E-state index in [2.05, 4.69) is 159 Å². The van der Waals surface area contributed by atoms with E-state index >= 15 is 0 Å². The Bertz CT molecular complexity index is 2660. The third-order valence-electron chi connectivity index (χ3n) is 10.3. The van der Waals surface area contributed by atoms with Crippen molar-refractivity contribution in [3.05, 3.63) is 168 Å². The normalized spacial score (nSPS) is 14.6. The summed E-state index contributed by atoms with van der Waals surface area (Å²) in [6, 6.07) is 55.6. The number of thiophene rings is 1. The molecule has 2 aromatic heterocycles. The number of fused-ring (bicyclic) bond motifs is 9. The van der Waals surface area contributed by atoms with Crippen LogP contribution in [0, 0.1) is 0 Å². The minimum absolute atomic E-state index is 0.276. The highest BCUT2D eigenvalue weighted by Gasteiger charge is 2.33. The van der Waals surface area contributed by atoms with Gasteiger partial charge in [0.15, 0.2) is 0 Å². The summed E-state index contributed by atoms with van der Waals surface area (Å²) in [6.07, 6.45) is 0. The van der Waals surface area contributed by atoms with Gasteiger partial charge in [0.05, 0.1) is 0 Å². The summed E-state index contributed by atoms with van der Waals surface area (Å²) in [4.78, 5) is 0. The molecule has 7 aromatic carbocycles. The van der Waals surface area contributed by atoms with Crippen molar-refractivity contribution in [1.82, 2.24) is 0 Å². The van der Waals surface area contributed by atoms with Gasteiger partial charge in [-0.15, -0.1) is 11.3 Å². The molecular formula is C45H30OS. The molecule has 0 N–H and O–H groups in total. The van der Waals surface area contributed by atoms with E-state index in [0.29, 0.717) is 0 Å². The zero-order valence-electron chi connectivity index (χ0n) is 25.9. The summed E-state index contributed by atoms with van der Waals surface area (Å²) in [5.74, 6) is 0.554. The van der Waals surface area contributed by atoms with Gasteiger partial charge >= 0.3 is 0 Å². The van der Waals surface area contributed by atoms with Crippen LogP contribution in [0.2, 0.25) is 0 Å². The van der Waals surface area contributed by atoms with Gasteiger partial charge in [0.1, 0.15) is 11.2 Å². The van der Waals surface area contributed by atoms with Gasteiger partial charge in [-0.05, 0) is 92.4 Å². The lowest BCUT2D eigenvalue weighted by atomic mass is 9.81. The molecule has 222 valence electrons. The lowest BCUT2D eigenvalue weighted by Crippen LogP contribution is -2.07. The second-order valence-corrected chi connectivity index (χ2v) is 14.0. The van der Waals surface area contributed by atoms with E-state index in [1.807, 2.05) is 11.3 Å². The Balaban J connectivity index is 1.05. The quantitative estimate of drug-likeness (QED) is 0.191. The van der Waals surface area contributed by atoms with E-state index in [1.165, 1.54) is 75.6 Å². The van der Waals surface area contributed by atoms with Crippen LogP contribution in [0.15, 0.2) is 156 Å². The van der Waals surface area contributed by atoms with Crippen molar-refractivity contribution in [2.24, 2.45) is 0 Å². The molecule has 0 saturated carbocycles. The van der Waals surface area contributed by atoms with Crippen LogP contribution < -0.4 is 0 Å². The first-order chi connectivity index (χ1) is 23.2. The van der Waals surface area contributed by atoms with Crippen LogP contribution in [0.25, 0.3) is 75.5 Å². The highest BCUT2D eigenvalue weighted by atomic mass is 32.1. The number of rotatable bonds is 4. The summed E-state index contributed by atoms with van der Waals surface area (Å²) in [5.41, 5.74) is 13.7. The van der Waals surface area contributed by atoms with Crippen molar-refractivity contribution in [2.45, 2.75) is 18.8 Å². The van der Waals surface area contributed by atoms with E-state index in [-0.39, 0.29) is 11.8 Å². The van der Waals surface area contributed by atoms with Crippen molar-refractivity contribution >= 4 is 53.4 Å². The Kier molecular flexibility index (Phi) is 5.85. The summed E-state index contributed by atoms with van der Waals surface area (Å²) in [6.45, 7) is 2.37. The summed E-state index contributed by atoms with van der Waals surface area (Å²) < 4.78 is 9.30. The largest absolute Gasteiger partial charge is 0.456 e. The molecule has 47 heavy (non-hydrogen) atoms.